The van der Waals surface area contributed by atoms with Gasteiger partial charge < -0.3 is 15.8 Å². The number of carbonyl (C=O) groups is 1. The number of fused-ring (bicyclic) bond motifs is 1. The Labute approximate surface area is 171 Å². The minimum absolute atomic E-state index is 0.179. The molecule has 9 heteroatoms. The van der Waals surface area contributed by atoms with Crippen LogP contribution >= 0.6 is 0 Å². The molecule has 0 fully saturated rings. The Bertz CT molecular complexity index is 1070. The standard InChI is InChI=1S/C21H19F3N4O2/c1-3-4-13-17-14(7-8-27-13)28-19(21(22,23)24)18(20(26)29)16(17)12-6-5-11(10-25)9-15(12)30-2/h5-9,16,28H,3-4H2,1-2H3,(H2,26,29). The number of allylic oxidation sites excluding steroid dienone is 1. The molecule has 2 aromatic rings. The Balaban J connectivity index is 2.41. The number of hydrogen-bond acceptors (Lipinski definition) is 5. The molecule has 6 nitrogen and oxygen atoms in total. The van der Waals surface area contributed by atoms with Crippen molar-refractivity contribution in [3.05, 3.63) is 64.1 Å². The van der Waals surface area contributed by atoms with E-state index in [0.717, 1.165) is 0 Å². The van der Waals surface area contributed by atoms with Crippen molar-refractivity contribution in [2.45, 2.75) is 31.9 Å². The zero-order valence-electron chi connectivity index (χ0n) is 16.3. The topological polar surface area (TPSA) is 101 Å². The molecule has 0 spiro atoms. The highest BCUT2D eigenvalue weighted by molar-refractivity contribution is 5.98. The summed E-state index contributed by atoms with van der Waals surface area (Å²) in [4.78, 5) is 16.6. The van der Waals surface area contributed by atoms with Gasteiger partial charge in [-0.2, -0.15) is 18.4 Å². The van der Waals surface area contributed by atoms with E-state index in [0.29, 0.717) is 29.7 Å². The molecule has 0 saturated carbocycles. The number of amides is 1. The lowest BCUT2D eigenvalue weighted by atomic mass is 9.78. The molecular weight excluding hydrogens is 397 g/mol. The van der Waals surface area contributed by atoms with Crippen LogP contribution in [-0.2, 0) is 11.2 Å². The van der Waals surface area contributed by atoms with Crippen LogP contribution in [0.2, 0.25) is 0 Å². The third kappa shape index (κ3) is 3.68. The maximum absolute atomic E-state index is 13.9. The van der Waals surface area contributed by atoms with Crippen molar-refractivity contribution < 1.29 is 22.7 Å². The fraction of sp³-hybridized carbons (Fsp3) is 0.286. The van der Waals surface area contributed by atoms with Crippen molar-refractivity contribution in [1.29, 1.82) is 5.26 Å². The molecule has 0 radical (unpaired) electrons. The van der Waals surface area contributed by atoms with E-state index in [4.69, 9.17) is 15.7 Å². The van der Waals surface area contributed by atoms with Crippen LogP contribution in [0.1, 0.15) is 41.6 Å². The lowest BCUT2D eigenvalue weighted by molar-refractivity contribution is -0.116. The molecule has 30 heavy (non-hydrogen) atoms. The lowest BCUT2D eigenvalue weighted by Gasteiger charge is -2.33. The molecule has 1 amide bonds. The first kappa shape index (κ1) is 21.2. The van der Waals surface area contributed by atoms with Crippen LogP contribution in [0.15, 0.2) is 41.7 Å². The molecule has 0 saturated heterocycles. The molecule has 1 aromatic carbocycles. The summed E-state index contributed by atoms with van der Waals surface area (Å²) in [6, 6.07) is 7.75. The Morgan fingerprint density at radius 3 is 2.67 bits per heavy atom. The van der Waals surface area contributed by atoms with Gasteiger partial charge in [0, 0.05) is 34.6 Å². The van der Waals surface area contributed by atoms with Crippen molar-refractivity contribution >= 4 is 11.6 Å². The van der Waals surface area contributed by atoms with Gasteiger partial charge in [0.05, 0.1) is 24.3 Å². The van der Waals surface area contributed by atoms with E-state index >= 15 is 0 Å². The molecule has 1 aromatic heterocycles. The molecule has 1 aliphatic rings. The van der Waals surface area contributed by atoms with Gasteiger partial charge in [0.25, 0.3) is 0 Å². The largest absolute Gasteiger partial charge is 0.496 e. The van der Waals surface area contributed by atoms with E-state index in [1.807, 2.05) is 13.0 Å². The van der Waals surface area contributed by atoms with Crippen LogP contribution in [0, 0.1) is 11.3 Å². The summed E-state index contributed by atoms with van der Waals surface area (Å²) in [5, 5.41) is 11.5. The smallest absolute Gasteiger partial charge is 0.431 e. The van der Waals surface area contributed by atoms with E-state index in [2.05, 4.69) is 10.3 Å². The molecule has 1 aliphatic heterocycles. The van der Waals surface area contributed by atoms with Crippen LogP contribution in [0.25, 0.3) is 0 Å². The average molecular weight is 416 g/mol. The first-order chi connectivity index (χ1) is 14.2. The van der Waals surface area contributed by atoms with E-state index < -0.39 is 29.3 Å². The first-order valence-corrected chi connectivity index (χ1v) is 9.16. The molecule has 1 unspecified atom stereocenters. The molecule has 0 aliphatic carbocycles. The summed E-state index contributed by atoms with van der Waals surface area (Å²) >= 11 is 0. The van der Waals surface area contributed by atoms with Gasteiger partial charge >= 0.3 is 6.18 Å². The Morgan fingerprint density at radius 1 is 1.37 bits per heavy atom. The Hall–Kier alpha value is -3.54. The van der Waals surface area contributed by atoms with E-state index in [-0.39, 0.29) is 17.0 Å². The highest BCUT2D eigenvalue weighted by Crippen LogP contribution is 2.48. The number of rotatable bonds is 5. The number of nitrogens with one attached hydrogen (secondary N) is 1. The van der Waals surface area contributed by atoms with Gasteiger partial charge in [-0.15, -0.1) is 0 Å². The number of hydrogen-bond donors (Lipinski definition) is 2. The van der Waals surface area contributed by atoms with E-state index in [9.17, 15) is 18.0 Å². The number of anilines is 1. The van der Waals surface area contributed by atoms with Crippen LogP contribution in [0.5, 0.6) is 5.75 Å². The third-order valence-corrected chi connectivity index (χ3v) is 4.89. The number of aromatic nitrogens is 1. The van der Waals surface area contributed by atoms with Crippen LogP contribution < -0.4 is 15.8 Å². The number of nitriles is 1. The van der Waals surface area contributed by atoms with Gasteiger partial charge in [0.2, 0.25) is 5.91 Å². The average Bonchev–Trinajstić information content (AvgIpc) is 2.71. The number of alkyl halides is 3. The van der Waals surface area contributed by atoms with Crippen molar-refractivity contribution in [2.24, 2.45) is 5.73 Å². The summed E-state index contributed by atoms with van der Waals surface area (Å²) in [6.45, 7) is 1.92. The molecule has 156 valence electrons. The van der Waals surface area contributed by atoms with Gasteiger partial charge in [-0.25, -0.2) is 0 Å². The van der Waals surface area contributed by atoms with Crippen LogP contribution in [0.4, 0.5) is 18.9 Å². The quantitative estimate of drug-likeness (QED) is 0.773. The molecular formula is C21H19F3N4O2. The molecule has 2 heterocycles. The second-order valence-corrected chi connectivity index (χ2v) is 6.75. The van der Waals surface area contributed by atoms with Crippen molar-refractivity contribution in [2.75, 3.05) is 12.4 Å². The fourth-order valence-electron chi connectivity index (χ4n) is 3.69. The van der Waals surface area contributed by atoms with E-state index in [1.54, 1.807) is 0 Å². The van der Waals surface area contributed by atoms with Gasteiger partial charge in [-0.3, -0.25) is 9.78 Å². The van der Waals surface area contributed by atoms with Gasteiger partial charge in [-0.05, 0) is 24.6 Å². The first-order valence-electron chi connectivity index (χ1n) is 9.16. The number of aryl methyl sites for hydroxylation is 1. The van der Waals surface area contributed by atoms with Crippen molar-refractivity contribution in [3.8, 4) is 11.8 Å². The highest BCUT2D eigenvalue weighted by atomic mass is 19.4. The summed E-state index contributed by atoms with van der Waals surface area (Å²) in [5.41, 5.74) is 5.37. The van der Waals surface area contributed by atoms with Crippen molar-refractivity contribution in [1.82, 2.24) is 4.98 Å². The molecule has 3 N–H and O–H groups in total. The molecule has 1 atom stereocenters. The SMILES string of the molecule is CCCc1nccc2c1C(c1ccc(C#N)cc1OC)C(C(N)=O)=C(C(F)(F)F)N2. The molecule has 0 bridgehead atoms. The van der Waals surface area contributed by atoms with Gasteiger partial charge in [0.15, 0.2) is 0 Å². The zero-order chi connectivity index (χ0) is 22.1. The summed E-state index contributed by atoms with van der Waals surface area (Å²) in [5.74, 6) is -2.19. The number of carbonyl (C=O) groups excluding carboxylic acids is 1. The number of nitrogens with two attached hydrogens (primary N) is 1. The summed E-state index contributed by atoms with van der Waals surface area (Å²) in [7, 11) is 1.34. The van der Waals surface area contributed by atoms with Crippen LogP contribution in [-0.4, -0.2) is 24.2 Å². The number of methoxy groups -OCH3 is 1. The van der Waals surface area contributed by atoms with Gasteiger partial charge in [-0.1, -0.05) is 19.4 Å². The minimum atomic E-state index is -4.84. The third-order valence-electron chi connectivity index (χ3n) is 4.89. The monoisotopic (exact) mass is 416 g/mol. The number of pyridine rings is 1. The fourth-order valence-corrected chi connectivity index (χ4v) is 3.69. The normalized spacial score (nSPS) is 15.8. The van der Waals surface area contributed by atoms with Crippen molar-refractivity contribution in [3.63, 3.8) is 0 Å². The Morgan fingerprint density at radius 2 is 2.10 bits per heavy atom. The lowest BCUT2D eigenvalue weighted by Crippen LogP contribution is -2.34. The van der Waals surface area contributed by atoms with Gasteiger partial charge in [0.1, 0.15) is 11.4 Å². The number of nitrogens with zero attached hydrogens (tertiary/aromatic N) is 2. The predicted octanol–water partition coefficient (Wildman–Crippen LogP) is 3.77. The highest BCUT2D eigenvalue weighted by Gasteiger charge is 2.45. The maximum atomic E-state index is 13.9. The summed E-state index contributed by atoms with van der Waals surface area (Å²) in [6.07, 6.45) is -2.22. The number of primary amides is 1. The minimum Gasteiger partial charge on any atom is -0.496 e. The predicted molar refractivity (Wildman–Crippen MR) is 104 cm³/mol. The van der Waals surface area contributed by atoms with E-state index in [1.165, 1.54) is 37.6 Å². The molecule has 3 rings (SSSR count). The maximum Gasteiger partial charge on any atom is 0.431 e. The summed E-state index contributed by atoms with van der Waals surface area (Å²) < 4.78 is 47.0. The Kier molecular flexibility index (Phi) is 5.69. The number of benzene rings is 1. The number of halogens is 3. The second kappa shape index (κ2) is 8.06. The second-order valence-electron chi connectivity index (χ2n) is 6.75. The zero-order valence-corrected chi connectivity index (χ0v) is 16.3. The number of ether oxygens (including phenoxy) is 1. The van der Waals surface area contributed by atoms with Crippen LogP contribution in [0.3, 0.4) is 0 Å².